The third-order valence-corrected chi connectivity index (χ3v) is 4.82. The molecule has 0 unspecified atom stereocenters. The van der Waals surface area contributed by atoms with Crippen molar-refractivity contribution in [3.05, 3.63) is 52.0 Å². The second-order valence-corrected chi connectivity index (χ2v) is 7.11. The van der Waals surface area contributed by atoms with Crippen LogP contribution >= 0.6 is 27.7 Å². The summed E-state index contributed by atoms with van der Waals surface area (Å²) in [6.07, 6.45) is 2.92. The lowest BCUT2D eigenvalue weighted by Crippen LogP contribution is -1.97. The quantitative estimate of drug-likeness (QED) is 0.309. The van der Waals surface area contributed by atoms with Crippen LogP contribution in [-0.4, -0.2) is 30.4 Å². The van der Waals surface area contributed by atoms with Crippen LogP contribution in [0.25, 0.3) is 6.08 Å². The van der Waals surface area contributed by atoms with Crippen molar-refractivity contribution in [1.29, 1.82) is 0 Å². The molecule has 0 saturated heterocycles. The number of phenolic OH excluding ortho intramolecular Hbond substituents is 1. The number of phenols is 1. The lowest BCUT2D eigenvalue weighted by molar-refractivity contribution is 0.104. The van der Waals surface area contributed by atoms with Crippen LogP contribution in [0.3, 0.4) is 0 Å². The molecule has 4 nitrogen and oxygen atoms in total. The Morgan fingerprint density at radius 2 is 2.04 bits per heavy atom. The Morgan fingerprint density at radius 1 is 1.30 bits per heavy atom. The van der Waals surface area contributed by atoms with E-state index in [0.29, 0.717) is 39.7 Å². The van der Waals surface area contributed by atoms with Crippen LogP contribution in [0.1, 0.15) is 22.8 Å². The zero-order chi connectivity index (χ0) is 20.0. The Labute approximate surface area is 168 Å². The number of ether oxygens (including phenoxy) is 2. The van der Waals surface area contributed by atoms with Crippen LogP contribution in [0.4, 0.5) is 8.78 Å². The highest BCUT2D eigenvalue weighted by atomic mass is 79.9. The number of thioether (sulfide) groups is 1. The van der Waals surface area contributed by atoms with E-state index in [9.17, 15) is 18.7 Å². The first-order chi connectivity index (χ1) is 12.8. The fourth-order valence-corrected chi connectivity index (χ4v) is 3.29. The molecule has 0 fully saturated rings. The molecular formula is C19H17BrF2O4S. The number of rotatable bonds is 8. The van der Waals surface area contributed by atoms with Crippen LogP contribution in [0.5, 0.6) is 17.2 Å². The Hall–Kier alpha value is -2.06. The molecule has 0 amide bonds. The molecule has 0 spiro atoms. The van der Waals surface area contributed by atoms with Crippen LogP contribution in [0.15, 0.2) is 45.8 Å². The smallest absolute Gasteiger partial charge is 0.289 e. The van der Waals surface area contributed by atoms with Gasteiger partial charge >= 0.3 is 0 Å². The summed E-state index contributed by atoms with van der Waals surface area (Å²) in [6.45, 7) is 2.18. The number of aromatic hydroxyl groups is 1. The van der Waals surface area contributed by atoms with Gasteiger partial charge in [-0.1, -0.05) is 17.8 Å². The minimum atomic E-state index is -2.58. The van der Waals surface area contributed by atoms with E-state index in [2.05, 4.69) is 15.9 Å². The van der Waals surface area contributed by atoms with Gasteiger partial charge in [0.05, 0.1) is 23.1 Å². The minimum Gasteiger partial charge on any atom is -0.503 e. The second kappa shape index (κ2) is 9.75. The van der Waals surface area contributed by atoms with Crippen LogP contribution in [-0.2, 0) is 0 Å². The Balaban J connectivity index is 2.24. The highest BCUT2D eigenvalue weighted by Crippen LogP contribution is 2.36. The normalized spacial score (nSPS) is 11.2. The SMILES string of the molecule is CCOc1cc(C=CC(=O)c2ccc(SC(F)F)c(OC)c2)cc(Br)c1O. The molecule has 0 heterocycles. The van der Waals surface area contributed by atoms with Gasteiger partial charge < -0.3 is 14.6 Å². The molecule has 0 aliphatic rings. The van der Waals surface area contributed by atoms with Gasteiger partial charge in [-0.2, -0.15) is 8.78 Å². The average Bonchev–Trinajstić information content (AvgIpc) is 2.63. The maximum Gasteiger partial charge on any atom is 0.289 e. The van der Waals surface area contributed by atoms with Gasteiger partial charge in [0, 0.05) is 5.56 Å². The number of carbonyl (C=O) groups is 1. The third-order valence-electron chi connectivity index (χ3n) is 3.44. The lowest BCUT2D eigenvalue weighted by Gasteiger charge is -2.09. The van der Waals surface area contributed by atoms with Gasteiger partial charge in [-0.15, -0.1) is 0 Å². The Kier molecular flexibility index (Phi) is 7.67. The highest BCUT2D eigenvalue weighted by Gasteiger charge is 2.13. The fourth-order valence-electron chi connectivity index (χ4n) is 2.24. The predicted molar refractivity (Wildman–Crippen MR) is 105 cm³/mol. The Bertz CT molecular complexity index is 856. The van der Waals surface area contributed by atoms with E-state index in [-0.39, 0.29) is 22.2 Å². The molecule has 2 aromatic carbocycles. The van der Waals surface area contributed by atoms with Crippen LogP contribution in [0.2, 0.25) is 0 Å². The van der Waals surface area contributed by atoms with E-state index < -0.39 is 5.76 Å². The van der Waals surface area contributed by atoms with Crippen molar-refractivity contribution in [2.75, 3.05) is 13.7 Å². The molecule has 2 aromatic rings. The summed E-state index contributed by atoms with van der Waals surface area (Å²) >= 11 is 3.60. The van der Waals surface area contributed by atoms with Gasteiger partial charge in [0.1, 0.15) is 5.75 Å². The molecule has 2 rings (SSSR count). The Morgan fingerprint density at radius 3 is 2.67 bits per heavy atom. The van der Waals surface area contributed by atoms with Crippen molar-refractivity contribution in [1.82, 2.24) is 0 Å². The fraction of sp³-hybridized carbons (Fsp3) is 0.211. The zero-order valence-electron chi connectivity index (χ0n) is 14.5. The number of carbonyl (C=O) groups excluding carboxylic acids is 1. The molecule has 0 radical (unpaired) electrons. The predicted octanol–water partition coefficient (Wildman–Crippen LogP) is 5.77. The number of methoxy groups -OCH3 is 1. The summed E-state index contributed by atoms with van der Waals surface area (Å²) in [5.41, 5.74) is 0.956. The topological polar surface area (TPSA) is 55.8 Å². The molecular weight excluding hydrogens is 442 g/mol. The molecule has 0 bridgehead atoms. The number of hydrogen-bond acceptors (Lipinski definition) is 5. The molecule has 144 valence electrons. The van der Waals surface area contributed by atoms with Crippen molar-refractivity contribution >= 4 is 39.6 Å². The first-order valence-electron chi connectivity index (χ1n) is 7.86. The number of benzene rings is 2. The van der Waals surface area contributed by atoms with Gasteiger partial charge in [0.25, 0.3) is 5.76 Å². The van der Waals surface area contributed by atoms with E-state index >= 15 is 0 Å². The first-order valence-corrected chi connectivity index (χ1v) is 9.53. The number of ketones is 1. The van der Waals surface area contributed by atoms with Crippen molar-refractivity contribution in [2.24, 2.45) is 0 Å². The molecule has 1 N–H and O–H groups in total. The van der Waals surface area contributed by atoms with E-state index in [1.165, 1.54) is 31.4 Å². The molecule has 0 atom stereocenters. The number of allylic oxidation sites excluding steroid dienone is 1. The first kappa shape index (κ1) is 21.2. The monoisotopic (exact) mass is 458 g/mol. The maximum atomic E-state index is 12.6. The van der Waals surface area contributed by atoms with E-state index in [1.807, 2.05) is 0 Å². The van der Waals surface area contributed by atoms with Crippen molar-refractivity contribution in [2.45, 2.75) is 17.6 Å². The van der Waals surface area contributed by atoms with E-state index in [1.54, 1.807) is 25.1 Å². The summed E-state index contributed by atoms with van der Waals surface area (Å²) < 4.78 is 36.0. The molecule has 27 heavy (non-hydrogen) atoms. The molecule has 0 aromatic heterocycles. The summed E-state index contributed by atoms with van der Waals surface area (Å²) in [5.74, 6) is -2.39. The third kappa shape index (κ3) is 5.71. The summed E-state index contributed by atoms with van der Waals surface area (Å²) in [4.78, 5) is 12.7. The van der Waals surface area contributed by atoms with Gasteiger partial charge in [0.2, 0.25) is 0 Å². The largest absolute Gasteiger partial charge is 0.503 e. The number of alkyl halides is 2. The second-order valence-electron chi connectivity index (χ2n) is 5.22. The zero-order valence-corrected chi connectivity index (χ0v) is 16.9. The minimum absolute atomic E-state index is 0.0165. The lowest BCUT2D eigenvalue weighted by atomic mass is 10.1. The van der Waals surface area contributed by atoms with E-state index in [4.69, 9.17) is 9.47 Å². The van der Waals surface area contributed by atoms with Gasteiger partial charge in [-0.25, -0.2) is 0 Å². The molecule has 0 aliphatic carbocycles. The number of halogens is 3. The molecule has 0 aliphatic heterocycles. The van der Waals surface area contributed by atoms with Gasteiger partial charge in [0.15, 0.2) is 17.3 Å². The van der Waals surface area contributed by atoms with Crippen molar-refractivity contribution in [3.63, 3.8) is 0 Å². The summed E-state index contributed by atoms with van der Waals surface area (Å²) in [6, 6.07) is 7.58. The summed E-state index contributed by atoms with van der Waals surface area (Å²) in [7, 11) is 1.36. The van der Waals surface area contributed by atoms with Crippen molar-refractivity contribution < 1.29 is 28.2 Å². The van der Waals surface area contributed by atoms with E-state index in [0.717, 1.165) is 0 Å². The number of hydrogen-bond donors (Lipinski definition) is 1. The highest BCUT2D eigenvalue weighted by molar-refractivity contribution is 9.10. The standard InChI is InChI=1S/C19H17BrF2O4S/c1-3-26-16-9-11(8-13(20)18(16)24)4-6-14(23)12-5-7-17(27-19(21)22)15(10-12)25-2/h4-10,19,24H,3H2,1-2H3. The molecule has 0 saturated carbocycles. The van der Waals surface area contributed by atoms with Gasteiger partial charge in [-0.3, -0.25) is 4.79 Å². The van der Waals surface area contributed by atoms with Crippen molar-refractivity contribution in [3.8, 4) is 17.2 Å². The van der Waals surface area contributed by atoms with Crippen LogP contribution < -0.4 is 9.47 Å². The van der Waals surface area contributed by atoms with Gasteiger partial charge in [-0.05, 0) is 64.8 Å². The maximum absolute atomic E-state index is 12.6. The van der Waals surface area contributed by atoms with Crippen LogP contribution in [0, 0.1) is 0 Å². The average molecular weight is 459 g/mol. The molecule has 8 heteroatoms. The summed E-state index contributed by atoms with van der Waals surface area (Å²) in [5, 5.41) is 9.92.